The standard InChI is InChI=1S/C14H12F3NO/c15-14(16,17)11-6-2-1-4-9(11)8-10-5-3-7-12(19)13(10)18/h1-7,19H,8,18H2. The molecular weight excluding hydrogens is 255 g/mol. The number of aromatic hydroxyl groups is 1. The lowest BCUT2D eigenvalue weighted by molar-refractivity contribution is -0.138. The van der Waals surface area contributed by atoms with Gasteiger partial charge in [-0.3, -0.25) is 0 Å². The first kappa shape index (κ1) is 13.3. The number of rotatable bonds is 2. The average molecular weight is 267 g/mol. The Morgan fingerprint density at radius 3 is 2.26 bits per heavy atom. The van der Waals surface area contributed by atoms with Gasteiger partial charge in [-0.15, -0.1) is 0 Å². The Balaban J connectivity index is 2.42. The van der Waals surface area contributed by atoms with Crippen LogP contribution < -0.4 is 5.73 Å². The van der Waals surface area contributed by atoms with Gasteiger partial charge in [0.05, 0.1) is 11.3 Å². The normalized spacial score (nSPS) is 11.5. The minimum Gasteiger partial charge on any atom is -0.506 e. The lowest BCUT2D eigenvalue weighted by atomic mass is 9.98. The molecule has 0 atom stereocenters. The molecule has 0 saturated heterocycles. The zero-order valence-corrected chi connectivity index (χ0v) is 9.91. The van der Waals surface area contributed by atoms with Gasteiger partial charge >= 0.3 is 6.18 Å². The molecule has 5 heteroatoms. The SMILES string of the molecule is Nc1c(O)cccc1Cc1ccccc1C(F)(F)F. The second kappa shape index (κ2) is 4.84. The number of anilines is 1. The van der Waals surface area contributed by atoms with E-state index in [4.69, 9.17) is 5.73 Å². The predicted molar refractivity (Wildman–Crippen MR) is 66.8 cm³/mol. The summed E-state index contributed by atoms with van der Waals surface area (Å²) in [6.07, 6.45) is -4.38. The first-order chi connectivity index (χ1) is 8.89. The Bertz CT molecular complexity index is 593. The molecule has 0 aliphatic rings. The number of benzene rings is 2. The van der Waals surface area contributed by atoms with Crippen LogP contribution in [0.25, 0.3) is 0 Å². The van der Waals surface area contributed by atoms with E-state index in [0.717, 1.165) is 6.07 Å². The monoisotopic (exact) mass is 267 g/mol. The first-order valence-corrected chi connectivity index (χ1v) is 5.61. The molecule has 0 bridgehead atoms. The van der Waals surface area contributed by atoms with Crippen LogP contribution in [0, 0.1) is 0 Å². The Morgan fingerprint density at radius 2 is 1.58 bits per heavy atom. The van der Waals surface area contributed by atoms with Crippen molar-refractivity contribution in [1.29, 1.82) is 0 Å². The molecule has 0 aromatic heterocycles. The van der Waals surface area contributed by atoms with Crippen LogP contribution in [0.15, 0.2) is 42.5 Å². The topological polar surface area (TPSA) is 46.2 Å². The van der Waals surface area contributed by atoms with Gasteiger partial charge in [-0.25, -0.2) is 0 Å². The van der Waals surface area contributed by atoms with E-state index in [9.17, 15) is 18.3 Å². The maximum atomic E-state index is 12.9. The molecule has 0 spiro atoms. The van der Waals surface area contributed by atoms with Gasteiger partial charge in [-0.2, -0.15) is 13.2 Å². The third kappa shape index (κ3) is 2.81. The van der Waals surface area contributed by atoms with Gasteiger partial charge in [0.2, 0.25) is 0 Å². The van der Waals surface area contributed by atoms with Crippen molar-refractivity contribution in [1.82, 2.24) is 0 Å². The Kier molecular flexibility index (Phi) is 3.38. The van der Waals surface area contributed by atoms with Crippen molar-refractivity contribution < 1.29 is 18.3 Å². The molecule has 0 radical (unpaired) electrons. The summed E-state index contributed by atoms with van der Waals surface area (Å²) < 4.78 is 38.6. The number of alkyl halides is 3. The summed E-state index contributed by atoms with van der Waals surface area (Å²) >= 11 is 0. The number of halogens is 3. The van der Waals surface area contributed by atoms with Crippen LogP contribution in [0.3, 0.4) is 0 Å². The van der Waals surface area contributed by atoms with E-state index in [1.54, 1.807) is 18.2 Å². The molecule has 2 rings (SSSR count). The summed E-state index contributed by atoms with van der Waals surface area (Å²) in [7, 11) is 0. The molecule has 0 amide bonds. The van der Waals surface area contributed by atoms with E-state index >= 15 is 0 Å². The summed E-state index contributed by atoms with van der Waals surface area (Å²) in [5, 5.41) is 9.46. The second-order valence-corrected chi connectivity index (χ2v) is 4.18. The molecule has 0 fully saturated rings. The Labute approximate surface area is 108 Å². The zero-order valence-electron chi connectivity index (χ0n) is 9.91. The zero-order chi connectivity index (χ0) is 14.0. The maximum absolute atomic E-state index is 12.9. The highest BCUT2D eigenvalue weighted by Crippen LogP contribution is 2.34. The molecule has 2 aromatic carbocycles. The molecule has 0 aliphatic carbocycles. The number of nitrogens with two attached hydrogens (primary N) is 1. The minimum atomic E-state index is -4.40. The van der Waals surface area contributed by atoms with Crippen LogP contribution in [-0.4, -0.2) is 5.11 Å². The highest BCUT2D eigenvalue weighted by Gasteiger charge is 2.32. The third-order valence-corrected chi connectivity index (χ3v) is 2.88. The van der Waals surface area contributed by atoms with Crippen molar-refractivity contribution in [3.05, 3.63) is 59.2 Å². The van der Waals surface area contributed by atoms with E-state index in [-0.39, 0.29) is 23.4 Å². The molecule has 2 aromatic rings. The van der Waals surface area contributed by atoms with E-state index in [2.05, 4.69) is 0 Å². The van der Waals surface area contributed by atoms with Crippen LogP contribution in [0.5, 0.6) is 5.75 Å². The van der Waals surface area contributed by atoms with Crippen molar-refractivity contribution in [2.75, 3.05) is 5.73 Å². The first-order valence-electron chi connectivity index (χ1n) is 5.61. The quantitative estimate of drug-likeness (QED) is 0.645. The van der Waals surface area contributed by atoms with Crippen LogP contribution in [0.1, 0.15) is 16.7 Å². The lowest BCUT2D eigenvalue weighted by Gasteiger charge is -2.13. The molecule has 0 heterocycles. The van der Waals surface area contributed by atoms with Gasteiger partial charge in [-0.1, -0.05) is 30.3 Å². The molecule has 19 heavy (non-hydrogen) atoms. The fraction of sp³-hybridized carbons (Fsp3) is 0.143. The number of phenols is 1. The summed E-state index contributed by atoms with van der Waals surface area (Å²) in [4.78, 5) is 0. The molecule has 3 N–H and O–H groups in total. The molecule has 2 nitrogen and oxygen atoms in total. The summed E-state index contributed by atoms with van der Waals surface area (Å²) in [5.74, 6) is -0.123. The van der Waals surface area contributed by atoms with Gasteiger partial charge in [0, 0.05) is 6.42 Å². The highest BCUT2D eigenvalue weighted by atomic mass is 19.4. The Morgan fingerprint density at radius 1 is 0.947 bits per heavy atom. The number of hydrogen-bond donors (Lipinski definition) is 2. The number of nitrogen functional groups attached to an aromatic ring is 1. The highest BCUT2D eigenvalue weighted by molar-refractivity contribution is 5.59. The summed E-state index contributed by atoms with van der Waals surface area (Å²) in [6, 6.07) is 9.89. The average Bonchev–Trinajstić information content (AvgIpc) is 2.34. The third-order valence-electron chi connectivity index (χ3n) is 2.88. The minimum absolute atomic E-state index is 0.0237. The van der Waals surface area contributed by atoms with Crippen molar-refractivity contribution in [3.8, 4) is 5.75 Å². The molecular formula is C14H12F3NO. The van der Waals surface area contributed by atoms with Crippen LogP contribution >= 0.6 is 0 Å². The second-order valence-electron chi connectivity index (χ2n) is 4.18. The van der Waals surface area contributed by atoms with Crippen LogP contribution in [-0.2, 0) is 12.6 Å². The largest absolute Gasteiger partial charge is 0.506 e. The summed E-state index contributed by atoms with van der Waals surface area (Å²) in [5.41, 5.74) is 5.69. The maximum Gasteiger partial charge on any atom is 0.416 e. The predicted octanol–water partition coefficient (Wildman–Crippen LogP) is 3.58. The van der Waals surface area contributed by atoms with E-state index in [1.807, 2.05) is 0 Å². The fourth-order valence-corrected chi connectivity index (χ4v) is 1.91. The number of para-hydroxylation sites is 1. The Hall–Kier alpha value is -2.17. The van der Waals surface area contributed by atoms with Gasteiger partial charge in [-0.05, 0) is 23.3 Å². The molecule has 100 valence electrons. The number of phenolic OH excluding ortho intramolecular Hbond substituents is 1. The lowest BCUT2D eigenvalue weighted by Crippen LogP contribution is -2.09. The van der Waals surface area contributed by atoms with E-state index in [0.29, 0.717) is 5.56 Å². The van der Waals surface area contributed by atoms with Gasteiger partial charge < -0.3 is 10.8 Å². The van der Waals surface area contributed by atoms with Crippen LogP contribution in [0.2, 0.25) is 0 Å². The van der Waals surface area contributed by atoms with Crippen LogP contribution in [0.4, 0.5) is 18.9 Å². The number of hydrogen-bond acceptors (Lipinski definition) is 2. The molecule has 0 aliphatic heterocycles. The van der Waals surface area contributed by atoms with Gasteiger partial charge in [0.15, 0.2) is 0 Å². The molecule has 0 unspecified atom stereocenters. The van der Waals surface area contributed by atoms with Crippen molar-refractivity contribution in [2.24, 2.45) is 0 Å². The van der Waals surface area contributed by atoms with Crippen molar-refractivity contribution >= 4 is 5.69 Å². The van der Waals surface area contributed by atoms with Gasteiger partial charge in [0.25, 0.3) is 0 Å². The van der Waals surface area contributed by atoms with Crippen molar-refractivity contribution in [3.63, 3.8) is 0 Å². The van der Waals surface area contributed by atoms with Gasteiger partial charge in [0.1, 0.15) is 5.75 Å². The fourth-order valence-electron chi connectivity index (χ4n) is 1.91. The summed E-state index contributed by atoms with van der Waals surface area (Å²) in [6.45, 7) is 0. The molecule has 0 saturated carbocycles. The smallest absolute Gasteiger partial charge is 0.416 e. The van der Waals surface area contributed by atoms with E-state index in [1.165, 1.54) is 18.2 Å². The van der Waals surface area contributed by atoms with E-state index < -0.39 is 11.7 Å². The van der Waals surface area contributed by atoms with Crippen molar-refractivity contribution in [2.45, 2.75) is 12.6 Å².